The SMILES string of the molecule is N=C(N)c1ccc(CCCN2CCCc3cccc(NS(=O)(=O)c4ccccc4)c32)cc1. The Morgan fingerprint density at radius 1 is 1.00 bits per heavy atom. The average Bonchev–Trinajstić information content (AvgIpc) is 2.80. The lowest BCUT2D eigenvalue weighted by molar-refractivity contribution is 0.601. The molecule has 0 aliphatic carbocycles. The monoisotopic (exact) mass is 448 g/mol. The lowest BCUT2D eigenvalue weighted by Crippen LogP contribution is -2.32. The molecule has 0 saturated heterocycles. The zero-order valence-electron chi connectivity index (χ0n) is 17.9. The van der Waals surface area contributed by atoms with Crippen LogP contribution in [0.15, 0.2) is 77.7 Å². The maximum absolute atomic E-state index is 12.9. The van der Waals surface area contributed by atoms with E-state index in [1.54, 1.807) is 30.3 Å². The van der Waals surface area contributed by atoms with Crippen molar-refractivity contribution in [3.63, 3.8) is 0 Å². The van der Waals surface area contributed by atoms with Gasteiger partial charge in [0.25, 0.3) is 10.0 Å². The first kappa shape index (κ1) is 21.9. The average molecular weight is 449 g/mol. The second-order valence-electron chi connectivity index (χ2n) is 8.04. The summed E-state index contributed by atoms with van der Waals surface area (Å²) in [6, 6.07) is 22.1. The Morgan fingerprint density at radius 3 is 2.47 bits per heavy atom. The fourth-order valence-electron chi connectivity index (χ4n) is 4.17. The highest BCUT2D eigenvalue weighted by atomic mass is 32.2. The van der Waals surface area contributed by atoms with E-state index in [4.69, 9.17) is 11.1 Å². The number of hydrogen-bond acceptors (Lipinski definition) is 4. The predicted molar refractivity (Wildman–Crippen MR) is 130 cm³/mol. The maximum atomic E-state index is 12.9. The van der Waals surface area contributed by atoms with Crippen LogP contribution in [0.3, 0.4) is 0 Å². The second kappa shape index (κ2) is 9.44. The molecule has 7 heteroatoms. The van der Waals surface area contributed by atoms with Gasteiger partial charge in [-0.05, 0) is 55.0 Å². The Morgan fingerprint density at radius 2 is 1.75 bits per heavy atom. The molecule has 1 aliphatic heterocycles. The molecule has 166 valence electrons. The smallest absolute Gasteiger partial charge is 0.261 e. The molecule has 0 unspecified atom stereocenters. The van der Waals surface area contributed by atoms with Crippen molar-refractivity contribution in [1.82, 2.24) is 0 Å². The highest BCUT2D eigenvalue weighted by molar-refractivity contribution is 7.92. The van der Waals surface area contributed by atoms with Crippen molar-refractivity contribution in [3.05, 3.63) is 89.5 Å². The molecule has 4 N–H and O–H groups in total. The molecule has 0 amide bonds. The van der Waals surface area contributed by atoms with Crippen LogP contribution in [0, 0.1) is 5.41 Å². The Balaban J connectivity index is 1.49. The van der Waals surface area contributed by atoms with Gasteiger partial charge in [0, 0.05) is 18.7 Å². The van der Waals surface area contributed by atoms with Crippen molar-refractivity contribution in [2.24, 2.45) is 5.73 Å². The van der Waals surface area contributed by atoms with Gasteiger partial charge in [-0.2, -0.15) is 0 Å². The lowest BCUT2D eigenvalue weighted by Gasteiger charge is -2.33. The maximum Gasteiger partial charge on any atom is 0.261 e. The van der Waals surface area contributed by atoms with Gasteiger partial charge in [-0.1, -0.05) is 54.6 Å². The summed E-state index contributed by atoms with van der Waals surface area (Å²) in [4.78, 5) is 2.56. The van der Waals surface area contributed by atoms with Gasteiger partial charge >= 0.3 is 0 Å². The Kier molecular flexibility index (Phi) is 6.46. The van der Waals surface area contributed by atoms with Gasteiger partial charge < -0.3 is 10.6 Å². The number of rotatable bonds is 8. The lowest BCUT2D eigenvalue weighted by atomic mass is 9.99. The van der Waals surface area contributed by atoms with Gasteiger partial charge in [0.15, 0.2) is 0 Å². The molecule has 0 atom stereocenters. The van der Waals surface area contributed by atoms with Crippen LogP contribution in [0.5, 0.6) is 0 Å². The highest BCUT2D eigenvalue weighted by Gasteiger charge is 2.23. The van der Waals surface area contributed by atoms with Crippen LogP contribution in [0.2, 0.25) is 0 Å². The number of benzene rings is 3. The fourth-order valence-corrected chi connectivity index (χ4v) is 5.26. The van der Waals surface area contributed by atoms with E-state index in [0.29, 0.717) is 5.69 Å². The van der Waals surface area contributed by atoms with Crippen molar-refractivity contribution in [2.75, 3.05) is 22.7 Å². The zero-order valence-corrected chi connectivity index (χ0v) is 18.7. The summed E-state index contributed by atoms with van der Waals surface area (Å²) in [7, 11) is -3.65. The molecule has 0 bridgehead atoms. The van der Waals surface area contributed by atoms with Crippen molar-refractivity contribution < 1.29 is 8.42 Å². The van der Waals surface area contributed by atoms with Gasteiger partial charge in [-0.3, -0.25) is 10.1 Å². The minimum atomic E-state index is -3.65. The van der Waals surface area contributed by atoms with Crippen molar-refractivity contribution >= 4 is 27.2 Å². The van der Waals surface area contributed by atoms with Crippen LogP contribution in [0.1, 0.15) is 29.5 Å². The highest BCUT2D eigenvalue weighted by Crippen LogP contribution is 2.36. The number of nitrogen functional groups attached to an aromatic ring is 1. The summed E-state index contributed by atoms with van der Waals surface area (Å²) in [5.41, 5.74) is 10.3. The van der Waals surface area contributed by atoms with Gasteiger partial charge in [0.05, 0.1) is 16.3 Å². The van der Waals surface area contributed by atoms with E-state index in [9.17, 15) is 8.42 Å². The predicted octanol–water partition coefficient (Wildman–Crippen LogP) is 4.16. The molecule has 3 aromatic carbocycles. The largest absolute Gasteiger partial charge is 0.384 e. The molecule has 4 rings (SSSR count). The molecule has 1 heterocycles. The van der Waals surface area contributed by atoms with Gasteiger partial charge in [-0.25, -0.2) is 8.42 Å². The second-order valence-corrected chi connectivity index (χ2v) is 9.72. The minimum Gasteiger partial charge on any atom is -0.384 e. The summed E-state index contributed by atoms with van der Waals surface area (Å²) >= 11 is 0. The van der Waals surface area contributed by atoms with Gasteiger partial charge in [0.1, 0.15) is 5.84 Å². The topological polar surface area (TPSA) is 99.3 Å². The third-order valence-corrected chi connectivity index (χ3v) is 7.15. The summed E-state index contributed by atoms with van der Waals surface area (Å²) < 4.78 is 28.6. The first-order chi connectivity index (χ1) is 15.4. The number of para-hydroxylation sites is 1. The molecule has 0 aromatic heterocycles. The Labute approximate surface area is 189 Å². The van der Waals surface area contributed by atoms with E-state index in [0.717, 1.165) is 50.0 Å². The molecule has 0 saturated carbocycles. The number of anilines is 2. The first-order valence-corrected chi connectivity index (χ1v) is 12.3. The molecular formula is C25H28N4O2S. The van der Waals surface area contributed by atoms with Gasteiger partial charge in [0.2, 0.25) is 0 Å². The molecule has 0 radical (unpaired) electrons. The third kappa shape index (κ3) is 4.94. The van der Waals surface area contributed by atoms with E-state index in [-0.39, 0.29) is 10.7 Å². The van der Waals surface area contributed by atoms with Crippen molar-refractivity contribution in [3.8, 4) is 0 Å². The number of hydrogen-bond donors (Lipinski definition) is 3. The number of amidine groups is 1. The van der Waals surface area contributed by atoms with Crippen LogP contribution < -0.4 is 15.4 Å². The Bertz CT molecular complexity index is 1190. The van der Waals surface area contributed by atoms with Crippen LogP contribution >= 0.6 is 0 Å². The number of nitrogens with two attached hydrogens (primary N) is 1. The van der Waals surface area contributed by atoms with E-state index in [1.165, 1.54) is 11.1 Å². The summed E-state index contributed by atoms with van der Waals surface area (Å²) in [5, 5.41) is 7.51. The van der Waals surface area contributed by atoms with Gasteiger partial charge in [-0.15, -0.1) is 0 Å². The number of nitrogens with one attached hydrogen (secondary N) is 2. The number of aryl methyl sites for hydroxylation is 2. The van der Waals surface area contributed by atoms with Crippen molar-refractivity contribution in [2.45, 2.75) is 30.6 Å². The zero-order chi connectivity index (χ0) is 22.6. The molecule has 6 nitrogen and oxygen atoms in total. The van der Waals surface area contributed by atoms with Crippen molar-refractivity contribution in [1.29, 1.82) is 5.41 Å². The normalized spacial score (nSPS) is 13.4. The Hall–Kier alpha value is -3.32. The summed E-state index contributed by atoms with van der Waals surface area (Å²) in [6.45, 7) is 1.74. The van der Waals surface area contributed by atoms with E-state index in [1.807, 2.05) is 36.4 Å². The molecule has 1 aliphatic rings. The molecule has 3 aromatic rings. The quantitative estimate of drug-likeness (QED) is 0.356. The summed E-state index contributed by atoms with van der Waals surface area (Å²) in [5.74, 6) is 0.0759. The fraction of sp³-hybridized carbons (Fsp3) is 0.240. The third-order valence-electron chi connectivity index (χ3n) is 5.77. The molecule has 0 fully saturated rings. The summed E-state index contributed by atoms with van der Waals surface area (Å²) in [6.07, 6.45) is 3.84. The molecular weight excluding hydrogens is 420 g/mol. The molecule has 0 spiro atoms. The minimum absolute atomic E-state index is 0.0759. The number of nitrogens with zero attached hydrogens (tertiary/aromatic N) is 1. The van der Waals surface area contributed by atoms with Crippen LogP contribution in [-0.2, 0) is 22.9 Å². The van der Waals surface area contributed by atoms with E-state index in [2.05, 4.69) is 15.7 Å². The van der Waals surface area contributed by atoms with Crippen LogP contribution in [0.4, 0.5) is 11.4 Å². The van der Waals surface area contributed by atoms with E-state index >= 15 is 0 Å². The van der Waals surface area contributed by atoms with E-state index < -0.39 is 10.0 Å². The first-order valence-electron chi connectivity index (χ1n) is 10.8. The van der Waals surface area contributed by atoms with Crippen LogP contribution in [0.25, 0.3) is 0 Å². The number of sulfonamides is 1. The standard InChI is InChI=1S/C25H28N4O2S/c26-25(27)21-15-13-19(14-16-21)7-5-17-29-18-6-9-20-8-4-12-23(24(20)29)28-32(30,31)22-10-2-1-3-11-22/h1-4,8,10-16,28H,5-7,9,17-18H2,(H3,26,27). The van der Waals surface area contributed by atoms with Crippen LogP contribution in [-0.4, -0.2) is 27.3 Å². The number of fused-ring (bicyclic) bond motifs is 1. The molecule has 32 heavy (non-hydrogen) atoms.